The largest absolute Gasteiger partial charge is 0.482 e. The molecule has 35 heavy (non-hydrogen) atoms. The minimum Gasteiger partial charge on any atom is -0.482 e. The van der Waals surface area contributed by atoms with E-state index in [9.17, 15) is 9.59 Å². The van der Waals surface area contributed by atoms with Crippen molar-refractivity contribution < 1.29 is 33.3 Å². The van der Waals surface area contributed by atoms with Crippen molar-refractivity contribution in [2.75, 3.05) is 25.1 Å². The predicted octanol–water partition coefficient (Wildman–Crippen LogP) is 4.81. The van der Waals surface area contributed by atoms with E-state index in [0.717, 1.165) is 18.4 Å². The number of benzene rings is 1. The summed E-state index contributed by atoms with van der Waals surface area (Å²) in [5.41, 5.74) is 1.45. The van der Waals surface area contributed by atoms with Crippen LogP contribution >= 0.6 is 0 Å². The Labute approximate surface area is 206 Å². The lowest BCUT2D eigenvalue weighted by Gasteiger charge is -2.30. The molecule has 1 aromatic heterocycles. The van der Waals surface area contributed by atoms with E-state index in [1.807, 2.05) is 24.3 Å². The average Bonchev–Trinajstić information content (AvgIpc) is 2.82. The van der Waals surface area contributed by atoms with E-state index in [0.29, 0.717) is 30.3 Å². The minimum absolute atomic E-state index is 0.116. The molecular weight excluding hydrogens is 452 g/mol. The molecular formula is C26H34N2O7. The van der Waals surface area contributed by atoms with Crippen molar-refractivity contribution in [3.8, 4) is 5.75 Å². The summed E-state index contributed by atoms with van der Waals surface area (Å²) < 4.78 is 28.0. The third-order valence-electron chi connectivity index (χ3n) is 5.13. The van der Waals surface area contributed by atoms with Crippen molar-refractivity contribution in [3.05, 3.63) is 53.9 Å². The summed E-state index contributed by atoms with van der Waals surface area (Å²) >= 11 is 0. The second-order valence-electron chi connectivity index (χ2n) is 9.09. The van der Waals surface area contributed by atoms with Gasteiger partial charge in [0, 0.05) is 11.8 Å². The molecule has 1 aromatic carbocycles. The van der Waals surface area contributed by atoms with Gasteiger partial charge in [-0.2, -0.15) is 0 Å². The van der Waals surface area contributed by atoms with Crippen LogP contribution in [0.15, 0.2) is 42.6 Å². The van der Waals surface area contributed by atoms with Crippen molar-refractivity contribution in [1.82, 2.24) is 4.98 Å². The molecule has 0 unspecified atom stereocenters. The van der Waals surface area contributed by atoms with Gasteiger partial charge in [-0.1, -0.05) is 18.2 Å². The van der Waals surface area contributed by atoms with Gasteiger partial charge in [0.25, 0.3) is 0 Å². The van der Waals surface area contributed by atoms with Crippen molar-refractivity contribution >= 4 is 17.7 Å². The normalized spacial score (nSPS) is 17.9. The van der Waals surface area contributed by atoms with Gasteiger partial charge in [-0.25, -0.2) is 9.59 Å². The van der Waals surface area contributed by atoms with Gasteiger partial charge < -0.3 is 23.7 Å². The molecule has 1 N–H and O–H groups in total. The molecule has 0 spiro atoms. The van der Waals surface area contributed by atoms with Crippen LogP contribution in [-0.2, 0) is 30.3 Å². The first-order valence-corrected chi connectivity index (χ1v) is 11.8. The van der Waals surface area contributed by atoms with Crippen LogP contribution < -0.4 is 10.1 Å². The maximum atomic E-state index is 12.1. The molecule has 3 rings (SSSR count). The number of carbonyl (C=O) groups excluding carboxylic acids is 2. The number of ether oxygens (including phenoxy) is 5. The number of nitrogens with one attached hydrogen (secondary N) is 1. The fourth-order valence-electron chi connectivity index (χ4n) is 3.60. The number of pyridine rings is 1. The summed E-state index contributed by atoms with van der Waals surface area (Å²) in [5, 5.41) is 2.74. The fraction of sp³-hybridized carbons (Fsp3) is 0.500. The maximum absolute atomic E-state index is 12.1. The molecule has 0 saturated carbocycles. The van der Waals surface area contributed by atoms with Gasteiger partial charge >= 0.3 is 12.1 Å². The van der Waals surface area contributed by atoms with Gasteiger partial charge in [0.15, 0.2) is 6.61 Å². The summed E-state index contributed by atoms with van der Waals surface area (Å²) in [4.78, 5) is 28.1. The number of hydrogen-bond acceptors (Lipinski definition) is 8. The number of rotatable bonds is 9. The first kappa shape index (κ1) is 26.4. The minimum atomic E-state index is -0.596. The molecule has 1 aliphatic heterocycles. The van der Waals surface area contributed by atoms with Gasteiger partial charge in [0.1, 0.15) is 11.4 Å². The van der Waals surface area contributed by atoms with Gasteiger partial charge in [0.2, 0.25) is 0 Å². The molecule has 2 atom stereocenters. The van der Waals surface area contributed by atoms with E-state index in [4.69, 9.17) is 23.7 Å². The first-order valence-electron chi connectivity index (χ1n) is 11.8. The number of anilines is 1. The van der Waals surface area contributed by atoms with Crippen LogP contribution in [0.25, 0.3) is 0 Å². The molecule has 1 fully saturated rings. The Kier molecular flexibility index (Phi) is 9.45. The lowest BCUT2D eigenvalue weighted by molar-refractivity contribution is -0.145. The Bertz CT molecular complexity index is 982. The molecule has 190 valence electrons. The monoisotopic (exact) mass is 486 g/mol. The van der Waals surface area contributed by atoms with Crippen LogP contribution in [0.2, 0.25) is 0 Å². The Balaban J connectivity index is 1.52. The molecule has 2 heterocycles. The van der Waals surface area contributed by atoms with Crippen molar-refractivity contribution in [3.63, 3.8) is 0 Å². The molecule has 1 amide bonds. The van der Waals surface area contributed by atoms with Gasteiger partial charge in [-0.3, -0.25) is 10.3 Å². The summed E-state index contributed by atoms with van der Waals surface area (Å²) in [7, 11) is 0. The van der Waals surface area contributed by atoms with Gasteiger partial charge in [0.05, 0.1) is 43.4 Å². The second kappa shape index (κ2) is 12.5. The van der Waals surface area contributed by atoms with Crippen LogP contribution in [-0.4, -0.2) is 48.6 Å². The quantitative estimate of drug-likeness (QED) is 0.504. The van der Waals surface area contributed by atoms with Crippen LogP contribution in [0.4, 0.5) is 10.5 Å². The van der Waals surface area contributed by atoms with Crippen LogP contribution in [0.5, 0.6) is 5.75 Å². The zero-order chi connectivity index (χ0) is 25.3. The summed E-state index contributed by atoms with van der Waals surface area (Å²) in [5.74, 6) is 0.201. The highest BCUT2D eigenvalue weighted by Crippen LogP contribution is 2.35. The number of amides is 1. The lowest BCUT2D eigenvalue weighted by Crippen LogP contribution is -2.29. The standard InChI is InChI=1S/C26H34N2O7/c1-5-31-24(29)17-34-22-11-7-6-9-19(22)23-13-12-18(15-33-23)32-16-21-20(10-8-14-27-21)28-25(30)35-26(2,3)4/h6-11,14,18,23H,5,12-13,15-17H2,1-4H3,(H,28,30)/t18-,23-/m1/s1. The van der Waals surface area contributed by atoms with E-state index in [2.05, 4.69) is 10.3 Å². The molecule has 9 nitrogen and oxygen atoms in total. The van der Waals surface area contributed by atoms with Crippen LogP contribution in [0.1, 0.15) is 57.9 Å². The molecule has 0 radical (unpaired) electrons. The molecule has 0 bridgehead atoms. The zero-order valence-corrected chi connectivity index (χ0v) is 20.7. The van der Waals surface area contributed by atoms with E-state index in [1.54, 1.807) is 46.0 Å². The topological polar surface area (TPSA) is 105 Å². The molecule has 1 aliphatic rings. The van der Waals surface area contributed by atoms with Gasteiger partial charge in [-0.05, 0) is 58.7 Å². The Morgan fingerprint density at radius 2 is 1.94 bits per heavy atom. The summed E-state index contributed by atoms with van der Waals surface area (Å²) in [6.07, 6.45) is 2.34. The van der Waals surface area contributed by atoms with E-state index in [-0.39, 0.29) is 25.4 Å². The number of hydrogen-bond donors (Lipinski definition) is 1. The molecule has 2 aromatic rings. The fourth-order valence-corrected chi connectivity index (χ4v) is 3.60. The second-order valence-corrected chi connectivity index (χ2v) is 9.09. The third kappa shape index (κ3) is 8.52. The van der Waals surface area contributed by atoms with E-state index < -0.39 is 17.7 Å². The first-order chi connectivity index (χ1) is 16.7. The van der Waals surface area contributed by atoms with Crippen molar-refractivity contribution in [2.45, 2.75) is 65.0 Å². The number of esters is 1. The Hall–Kier alpha value is -3.17. The van der Waals surface area contributed by atoms with Crippen LogP contribution in [0, 0.1) is 0 Å². The number of carbonyl (C=O) groups is 2. The highest BCUT2D eigenvalue weighted by atomic mass is 16.6. The number of nitrogens with zero attached hydrogens (tertiary/aromatic N) is 1. The highest BCUT2D eigenvalue weighted by Gasteiger charge is 2.26. The summed E-state index contributed by atoms with van der Waals surface area (Å²) in [6.45, 7) is 7.97. The lowest BCUT2D eigenvalue weighted by atomic mass is 9.99. The Morgan fingerprint density at radius 3 is 2.66 bits per heavy atom. The van der Waals surface area contributed by atoms with Crippen molar-refractivity contribution in [1.29, 1.82) is 0 Å². The summed E-state index contributed by atoms with van der Waals surface area (Å²) in [6, 6.07) is 11.0. The highest BCUT2D eigenvalue weighted by molar-refractivity contribution is 5.85. The molecule has 0 aliphatic carbocycles. The zero-order valence-electron chi connectivity index (χ0n) is 20.7. The van der Waals surface area contributed by atoms with E-state index in [1.165, 1.54) is 0 Å². The smallest absolute Gasteiger partial charge is 0.412 e. The number of para-hydroxylation sites is 1. The van der Waals surface area contributed by atoms with E-state index >= 15 is 0 Å². The van der Waals surface area contributed by atoms with Gasteiger partial charge in [-0.15, -0.1) is 0 Å². The van der Waals surface area contributed by atoms with Crippen molar-refractivity contribution in [2.24, 2.45) is 0 Å². The van der Waals surface area contributed by atoms with Crippen LogP contribution in [0.3, 0.4) is 0 Å². The SMILES string of the molecule is CCOC(=O)COc1ccccc1[C@H]1CC[C@@H](OCc2ncccc2NC(=O)OC(C)(C)C)CO1. The number of aromatic nitrogens is 1. The molecule has 9 heteroatoms. The maximum Gasteiger partial charge on any atom is 0.412 e. The third-order valence-corrected chi connectivity index (χ3v) is 5.13. The molecule has 1 saturated heterocycles. The Morgan fingerprint density at radius 1 is 1.14 bits per heavy atom. The average molecular weight is 487 g/mol. The predicted molar refractivity (Wildman–Crippen MR) is 129 cm³/mol.